The van der Waals surface area contributed by atoms with E-state index in [4.69, 9.17) is 5.73 Å². The summed E-state index contributed by atoms with van der Waals surface area (Å²) < 4.78 is 1.74. The molecule has 2 aromatic rings. The lowest BCUT2D eigenvalue weighted by Crippen LogP contribution is -2.09. The molecule has 0 bridgehead atoms. The molecule has 6 nitrogen and oxygen atoms in total. The van der Waals surface area contributed by atoms with Crippen LogP contribution in [0.3, 0.4) is 0 Å². The Kier molecular flexibility index (Phi) is 6.88. The molecule has 23 heavy (non-hydrogen) atoms. The first kappa shape index (κ1) is 18.3. The van der Waals surface area contributed by atoms with Crippen LogP contribution in [0.4, 0.5) is 5.95 Å². The number of nitrogens with one attached hydrogen (secondary N) is 1. The van der Waals surface area contributed by atoms with Crippen molar-refractivity contribution >= 4 is 29.0 Å². The van der Waals surface area contributed by atoms with Crippen molar-refractivity contribution < 1.29 is 0 Å². The van der Waals surface area contributed by atoms with E-state index < -0.39 is 0 Å². The van der Waals surface area contributed by atoms with Crippen LogP contribution in [0.25, 0.3) is 0 Å². The normalized spacial score (nSPS) is 11.4. The second-order valence-electron chi connectivity index (χ2n) is 5.72. The smallest absolute Gasteiger partial charge is 0.221 e. The maximum absolute atomic E-state index is 5.54. The van der Waals surface area contributed by atoms with Crippen LogP contribution in [0.5, 0.6) is 0 Å². The zero-order chi connectivity index (χ0) is 16.8. The summed E-state index contributed by atoms with van der Waals surface area (Å²) >= 11 is 3.86. The molecule has 2 rings (SSSR count). The van der Waals surface area contributed by atoms with Crippen molar-refractivity contribution in [2.75, 3.05) is 31.7 Å². The quantitative estimate of drug-likeness (QED) is 0.672. The second kappa shape index (κ2) is 8.68. The molecule has 0 radical (unpaired) electrons. The third-order valence-corrected chi connectivity index (χ3v) is 5.71. The van der Waals surface area contributed by atoms with Gasteiger partial charge in [0.2, 0.25) is 5.95 Å². The van der Waals surface area contributed by atoms with Gasteiger partial charge in [-0.15, -0.1) is 11.3 Å². The summed E-state index contributed by atoms with van der Waals surface area (Å²) in [7, 11) is 6.10. The van der Waals surface area contributed by atoms with Crippen LogP contribution in [-0.2, 0) is 25.9 Å². The van der Waals surface area contributed by atoms with Crippen LogP contribution in [0.2, 0.25) is 0 Å². The number of aromatic nitrogens is 3. The van der Waals surface area contributed by atoms with Gasteiger partial charge in [-0.2, -0.15) is 21.8 Å². The topological polar surface area (TPSA) is 72.0 Å². The highest BCUT2D eigenvalue weighted by Crippen LogP contribution is 2.26. The minimum atomic E-state index is 0.372. The van der Waals surface area contributed by atoms with Gasteiger partial charge in [0, 0.05) is 41.4 Å². The number of thioether (sulfide) groups is 1. The van der Waals surface area contributed by atoms with E-state index >= 15 is 0 Å². The molecule has 0 aliphatic rings. The van der Waals surface area contributed by atoms with E-state index in [1.165, 1.54) is 15.3 Å². The number of anilines is 1. The van der Waals surface area contributed by atoms with Crippen LogP contribution in [0.15, 0.2) is 6.07 Å². The fraction of sp³-hybridized carbons (Fsp3) is 0.600. The lowest BCUT2D eigenvalue weighted by molar-refractivity contribution is 0.405. The largest absolute Gasteiger partial charge is 0.354 e. The molecule has 0 amide bonds. The number of aryl methyl sites for hydroxylation is 2. The van der Waals surface area contributed by atoms with Gasteiger partial charge in [-0.1, -0.05) is 0 Å². The first-order chi connectivity index (χ1) is 11.0. The third kappa shape index (κ3) is 5.49. The zero-order valence-corrected chi connectivity index (χ0v) is 15.9. The minimum absolute atomic E-state index is 0.372. The summed E-state index contributed by atoms with van der Waals surface area (Å²) in [4.78, 5) is 9.47. The van der Waals surface area contributed by atoms with E-state index in [-0.39, 0.29) is 0 Å². The average molecular weight is 355 g/mol. The second-order valence-corrected chi connectivity index (χ2v) is 8.04. The van der Waals surface area contributed by atoms with E-state index in [1.54, 1.807) is 4.68 Å². The molecule has 0 saturated carbocycles. The Hall–Kier alpha value is -1.09. The van der Waals surface area contributed by atoms with E-state index in [2.05, 4.69) is 47.4 Å². The van der Waals surface area contributed by atoms with E-state index in [0.29, 0.717) is 12.4 Å². The molecule has 0 unspecified atom stereocenters. The molecule has 2 heterocycles. The van der Waals surface area contributed by atoms with Crippen molar-refractivity contribution in [2.45, 2.75) is 25.8 Å². The van der Waals surface area contributed by atoms with Gasteiger partial charge in [-0.25, -0.2) is 4.68 Å². The molecule has 0 aliphatic carbocycles. The Balaban J connectivity index is 1.72. The van der Waals surface area contributed by atoms with Gasteiger partial charge in [-0.3, -0.25) is 0 Å². The molecule has 0 spiro atoms. The molecule has 3 N–H and O–H groups in total. The number of nitrogens with two attached hydrogens (primary N) is 1. The van der Waals surface area contributed by atoms with Crippen molar-refractivity contribution in [3.05, 3.63) is 27.2 Å². The molecular weight excluding hydrogens is 328 g/mol. The lowest BCUT2D eigenvalue weighted by Gasteiger charge is -2.07. The maximum Gasteiger partial charge on any atom is 0.221 e. The van der Waals surface area contributed by atoms with Gasteiger partial charge in [0.1, 0.15) is 0 Å². The first-order valence-electron chi connectivity index (χ1n) is 7.64. The van der Waals surface area contributed by atoms with Crippen LogP contribution in [-0.4, -0.2) is 46.1 Å². The van der Waals surface area contributed by atoms with Crippen LogP contribution < -0.4 is 11.1 Å². The Morgan fingerprint density at radius 3 is 2.87 bits per heavy atom. The highest BCUT2D eigenvalue weighted by molar-refractivity contribution is 7.98. The van der Waals surface area contributed by atoms with Gasteiger partial charge in [0.15, 0.2) is 5.82 Å². The van der Waals surface area contributed by atoms with Crippen molar-refractivity contribution in [1.29, 1.82) is 0 Å². The van der Waals surface area contributed by atoms with Gasteiger partial charge >= 0.3 is 0 Å². The summed E-state index contributed by atoms with van der Waals surface area (Å²) in [5.41, 5.74) is 6.95. The van der Waals surface area contributed by atoms with Crippen molar-refractivity contribution in [1.82, 2.24) is 19.7 Å². The lowest BCUT2D eigenvalue weighted by atomic mass is 10.2. The monoisotopic (exact) mass is 354 g/mol. The third-order valence-electron chi connectivity index (χ3n) is 3.29. The SMILES string of the molecule is Cc1cc(CSCCNc2nc(CN)nn2C)sc1CN(C)C. The molecule has 128 valence electrons. The summed E-state index contributed by atoms with van der Waals surface area (Å²) in [6.45, 7) is 4.47. The zero-order valence-electron chi connectivity index (χ0n) is 14.3. The molecule has 0 aliphatic heterocycles. The van der Waals surface area contributed by atoms with Crippen molar-refractivity contribution in [2.24, 2.45) is 12.8 Å². The van der Waals surface area contributed by atoms with Gasteiger partial charge in [0.05, 0.1) is 6.54 Å². The highest BCUT2D eigenvalue weighted by atomic mass is 32.2. The van der Waals surface area contributed by atoms with Crippen molar-refractivity contribution in [3.63, 3.8) is 0 Å². The Morgan fingerprint density at radius 2 is 2.22 bits per heavy atom. The average Bonchev–Trinajstić information content (AvgIpc) is 3.01. The minimum Gasteiger partial charge on any atom is -0.354 e. The van der Waals surface area contributed by atoms with E-state index in [9.17, 15) is 0 Å². The highest BCUT2D eigenvalue weighted by Gasteiger charge is 2.07. The van der Waals surface area contributed by atoms with Crippen molar-refractivity contribution in [3.8, 4) is 0 Å². The molecule has 0 saturated heterocycles. The molecule has 0 aromatic carbocycles. The predicted molar refractivity (Wildman–Crippen MR) is 100.0 cm³/mol. The Morgan fingerprint density at radius 1 is 1.43 bits per heavy atom. The van der Waals surface area contributed by atoms with Crippen LogP contribution in [0, 0.1) is 6.92 Å². The molecule has 0 atom stereocenters. The number of hydrogen-bond donors (Lipinski definition) is 2. The molecule has 2 aromatic heterocycles. The Bertz CT molecular complexity index is 620. The summed E-state index contributed by atoms with van der Waals surface area (Å²) in [6, 6.07) is 2.32. The maximum atomic E-state index is 5.54. The Labute approximate surface area is 146 Å². The van der Waals surface area contributed by atoms with E-state index in [0.717, 1.165) is 30.5 Å². The molecule has 8 heteroatoms. The number of hydrogen-bond acceptors (Lipinski definition) is 7. The molecular formula is C15H26N6S2. The summed E-state index contributed by atoms with van der Waals surface area (Å²) in [5, 5.41) is 7.53. The van der Waals surface area contributed by atoms with Gasteiger partial charge in [-0.05, 0) is 32.6 Å². The fourth-order valence-electron chi connectivity index (χ4n) is 2.19. The number of thiophene rings is 1. The summed E-state index contributed by atoms with van der Waals surface area (Å²) in [5.74, 6) is 3.55. The van der Waals surface area contributed by atoms with Gasteiger partial charge < -0.3 is 16.0 Å². The molecule has 0 fully saturated rings. The fourth-order valence-corrected chi connectivity index (χ4v) is 4.45. The first-order valence-corrected chi connectivity index (χ1v) is 9.61. The summed E-state index contributed by atoms with van der Waals surface area (Å²) in [6.07, 6.45) is 0. The van der Waals surface area contributed by atoms with Crippen LogP contribution >= 0.6 is 23.1 Å². The van der Waals surface area contributed by atoms with Gasteiger partial charge in [0.25, 0.3) is 0 Å². The number of rotatable bonds is 9. The van der Waals surface area contributed by atoms with E-state index in [1.807, 2.05) is 30.1 Å². The number of nitrogens with zero attached hydrogens (tertiary/aromatic N) is 4. The standard InChI is InChI=1S/C15H26N6S2/c1-11-7-12(23-13(11)9-20(2)3)10-22-6-5-17-15-18-14(8-16)19-21(15)4/h7H,5-6,8-10,16H2,1-4H3,(H,17,18,19). The van der Waals surface area contributed by atoms with Crippen LogP contribution in [0.1, 0.15) is 21.1 Å². The predicted octanol–water partition coefficient (Wildman–Crippen LogP) is 2.05.